The number of hydrogen-bond donors (Lipinski definition) is 0. The standard InChI is InChI=1S/C15H14O2S.C12H10O2S/c1-15(2)11-7-3-5-9-13(11)18(16,17)14-10-6-4-8-12(14)15;13-15(14,11-7-3-1-4-8-11)12-9-5-2-6-10-12/h3-10H,1-2H3;1-10H. The highest BCUT2D eigenvalue weighted by atomic mass is 32.2. The molecule has 0 fully saturated rings. The van der Waals surface area contributed by atoms with Gasteiger partial charge in [-0.1, -0.05) is 86.6 Å². The van der Waals surface area contributed by atoms with Gasteiger partial charge in [0.2, 0.25) is 19.7 Å². The molecule has 0 bridgehead atoms. The molecule has 0 aliphatic carbocycles. The molecule has 5 rings (SSSR count). The smallest absolute Gasteiger partial charge is 0.207 e. The summed E-state index contributed by atoms with van der Waals surface area (Å²) < 4.78 is 49.2. The second-order valence-electron chi connectivity index (χ2n) is 8.25. The van der Waals surface area contributed by atoms with Crippen LogP contribution in [0, 0.1) is 0 Å². The summed E-state index contributed by atoms with van der Waals surface area (Å²) in [6.45, 7) is 4.14. The molecule has 0 amide bonds. The molecule has 0 aromatic heterocycles. The Labute approximate surface area is 195 Å². The largest absolute Gasteiger partial charge is 0.219 e. The van der Waals surface area contributed by atoms with Crippen LogP contribution in [0.25, 0.3) is 0 Å². The van der Waals surface area contributed by atoms with E-state index in [9.17, 15) is 16.8 Å². The van der Waals surface area contributed by atoms with Crippen LogP contribution in [0.5, 0.6) is 0 Å². The molecule has 4 aromatic carbocycles. The van der Waals surface area contributed by atoms with E-state index in [2.05, 4.69) is 13.8 Å². The van der Waals surface area contributed by atoms with Gasteiger partial charge in [-0.3, -0.25) is 0 Å². The van der Waals surface area contributed by atoms with E-state index in [0.717, 1.165) is 11.1 Å². The zero-order valence-electron chi connectivity index (χ0n) is 18.3. The molecule has 0 spiro atoms. The van der Waals surface area contributed by atoms with E-state index < -0.39 is 19.7 Å². The van der Waals surface area contributed by atoms with Gasteiger partial charge in [0.05, 0.1) is 19.6 Å². The molecule has 4 nitrogen and oxygen atoms in total. The number of rotatable bonds is 2. The Balaban J connectivity index is 0.000000160. The molecule has 1 heterocycles. The first kappa shape index (κ1) is 23.0. The first-order chi connectivity index (χ1) is 15.7. The average Bonchev–Trinajstić information content (AvgIpc) is 2.85. The molecule has 0 saturated heterocycles. The second-order valence-corrected chi connectivity index (χ2v) is 12.1. The van der Waals surface area contributed by atoms with E-state index in [1.807, 2.05) is 24.3 Å². The Kier molecular flexibility index (Phi) is 5.99. The fourth-order valence-electron chi connectivity index (χ4n) is 4.03. The van der Waals surface area contributed by atoms with Gasteiger partial charge in [-0.05, 0) is 47.5 Å². The molecule has 0 N–H and O–H groups in total. The Morgan fingerprint density at radius 3 is 1.27 bits per heavy atom. The highest BCUT2D eigenvalue weighted by Gasteiger charge is 2.39. The minimum atomic E-state index is -3.37. The van der Waals surface area contributed by atoms with Crippen LogP contribution in [0.3, 0.4) is 0 Å². The minimum Gasteiger partial charge on any atom is -0.219 e. The lowest BCUT2D eigenvalue weighted by atomic mass is 9.78. The molecule has 1 aliphatic heterocycles. The van der Waals surface area contributed by atoms with Crippen molar-refractivity contribution < 1.29 is 16.8 Å². The number of sulfone groups is 2. The topological polar surface area (TPSA) is 68.3 Å². The monoisotopic (exact) mass is 476 g/mol. The summed E-state index contributed by atoms with van der Waals surface area (Å²) in [6.07, 6.45) is 0. The van der Waals surface area contributed by atoms with Crippen LogP contribution in [0.4, 0.5) is 0 Å². The Hall–Kier alpha value is -3.22. The summed E-state index contributed by atoms with van der Waals surface area (Å²) in [4.78, 5) is 1.54. The number of benzene rings is 4. The Morgan fingerprint density at radius 2 is 0.879 bits per heavy atom. The van der Waals surface area contributed by atoms with Crippen molar-refractivity contribution in [3.05, 3.63) is 120 Å². The third-order valence-electron chi connectivity index (χ3n) is 5.81. The van der Waals surface area contributed by atoms with Crippen molar-refractivity contribution in [2.24, 2.45) is 0 Å². The van der Waals surface area contributed by atoms with Gasteiger partial charge in [-0.25, -0.2) is 16.8 Å². The predicted octanol–water partition coefficient (Wildman–Crippen LogP) is 5.68. The highest BCUT2D eigenvalue weighted by molar-refractivity contribution is 7.92. The molecule has 0 saturated carbocycles. The molecule has 4 aromatic rings. The van der Waals surface area contributed by atoms with Gasteiger partial charge in [0.25, 0.3) is 0 Å². The van der Waals surface area contributed by atoms with Crippen LogP contribution in [0.1, 0.15) is 25.0 Å². The van der Waals surface area contributed by atoms with Gasteiger partial charge in [-0.15, -0.1) is 0 Å². The maximum Gasteiger partial charge on any atom is 0.207 e. The molecule has 0 radical (unpaired) electrons. The highest BCUT2D eigenvalue weighted by Crippen LogP contribution is 2.45. The van der Waals surface area contributed by atoms with Gasteiger partial charge in [0.1, 0.15) is 0 Å². The molecule has 33 heavy (non-hydrogen) atoms. The summed E-state index contributed by atoms with van der Waals surface area (Å²) in [7, 11) is -6.71. The van der Waals surface area contributed by atoms with E-state index >= 15 is 0 Å². The van der Waals surface area contributed by atoms with Crippen molar-refractivity contribution >= 4 is 19.7 Å². The average molecular weight is 477 g/mol. The molecule has 0 unspecified atom stereocenters. The van der Waals surface area contributed by atoms with Crippen molar-refractivity contribution in [1.82, 2.24) is 0 Å². The second kappa shape index (κ2) is 8.61. The van der Waals surface area contributed by atoms with Crippen molar-refractivity contribution in [2.75, 3.05) is 0 Å². The first-order valence-electron chi connectivity index (χ1n) is 10.5. The van der Waals surface area contributed by atoms with Crippen LogP contribution in [0.2, 0.25) is 0 Å². The summed E-state index contributed by atoms with van der Waals surface area (Å²) in [5, 5.41) is 0. The lowest BCUT2D eigenvalue weighted by Crippen LogP contribution is -2.29. The fourth-order valence-corrected chi connectivity index (χ4v) is 7.31. The van der Waals surface area contributed by atoms with E-state index in [1.165, 1.54) is 0 Å². The molecule has 6 heteroatoms. The summed E-state index contributed by atoms with van der Waals surface area (Å²) in [5.41, 5.74) is 1.48. The summed E-state index contributed by atoms with van der Waals surface area (Å²) >= 11 is 0. The van der Waals surface area contributed by atoms with Crippen LogP contribution in [-0.2, 0) is 25.1 Å². The fraction of sp³-hybridized carbons (Fsp3) is 0.111. The van der Waals surface area contributed by atoms with E-state index in [1.54, 1.807) is 84.9 Å². The quantitative estimate of drug-likeness (QED) is 0.373. The van der Waals surface area contributed by atoms with Gasteiger partial charge in [0, 0.05) is 5.41 Å². The molecular formula is C27H24O4S2. The SMILES string of the molecule is CC1(C)c2ccccc2S(=O)(=O)c2ccccc21.O=S(=O)(c1ccccc1)c1ccccc1. The Bertz CT molecular complexity index is 1390. The maximum absolute atomic E-state index is 12.6. The van der Waals surface area contributed by atoms with E-state index in [0.29, 0.717) is 19.6 Å². The number of fused-ring (bicyclic) bond motifs is 2. The number of hydrogen-bond acceptors (Lipinski definition) is 4. The van der Waals surface area contributed by atoms with Crippen LogP contribution >= 0.6 is 0 Å². The summed E-state index contributed by atoms with van der Waals surface area (Å²) in [6, 6.07) is 31.4. The van der Waals surface area contributed by atoms with Crippen molar-refractivity contribution in [2.45, 2.75) is 38.8 Å². The lowest BCUT2D eigenvalue weighted by Gasteiger charge is -2.34. The zero-order valence-corrected chi connectivity index (χ0v) is 20.0. The normalized spacial score (nSPS) is 15.3. The van der Waals surface area contributed by atoms with E-state index in [-0.39, 0.29) is 5.41 Å². The van der Waals surface area contributed by atoms with Crippen LogP contribution in [-0.4, -0.2) is 16.8 Å². The third-order valence-corrected chi connectivity index (χ3v) is 9.46. The predicted molar refractivity (Wildman–Crippen MR) is 129 cm³/mol. The van der Waals surface area contributed by atoms with Crippen molar-refractivity contribution in [1.29, 1.82) is 0 Å². The van der Waals surface area contributed by atoms with E-state index in [4.69, 9.17) is 0 Å². The maximum atomic E-state index is 12.6. The minimum absolute atomic E-state index is 0.279. The van der Waals surface area contributed by atoms with Gasteiger partial charge < -0.3 is 0 Å². The van der Waals surface area contributed by atoms with Gasteiger partial charge in [-0.2, -0.15) is 0 Å². The molecular weight excluding hydrogens is 452 g/mol. The summed E-state index contributed by atoms with van der Waals surface area (Å²) in [5.74, 6) is 0. The van der Waals surface area contributed by atoms with Crippen LogP contribution < -0.4 is 0 Å². The van der Waals surface area contributed by atoms with Crippen LogP contribution in [0.15, 0.2) is 129 Å². The van der Waals surface area contributed by atoms with Gasteiger partial charge in [0.15, 0.2) is 0 Å². The zero-order chi connectivity index (χ0) is 23.7. The third kappa shape index (κ3) is 4.12. The Morgan fingerprint density at radius 1 is 0.545 bits per heavy atom. The first-order valence-corrected chi connectivity index (χ1v) is 13.4. The van der Waals surface area contributed by atoms with Crippen molar-refractivity contribution in [3.8, 4) is 0 Å². The molecule has 0 atom stereocenters. The van der Waals surface area contributed by atoms with Gasteiger partial charge >= 0.3 is 0 Å². The molecule has 168 valence electrons. The molecule has 1 aliphatic rings. The van der Waals surface area contributed by atoms with Crippen molar-refractivity contribution in [3.63, 3.8) is 0 Å². The lowest BCUT2D eigenvalue weighted by molar-refractivity contribution is 0.555.